The number of pyridine rings is 1. The van der Waals surface area contributed by atoms with Crippen molar-refractivity contribution in [3.8, 4) is 5.82 Å². The van der Waals surface area contributed by atoms with Crippen LogP contribution in [0.4, 0.5) is 5.69 Å². The lowest BCUT2D eigenvalue weighted by Gasteiger charge is -2.00. The molecular formula is C10H8BrClN4O3. The lowest BCUT2D eigenvalue weighted by atomic mass is 10.4. The number of methoxy groups -OCH3 is 1. The van der Waals surface area contributed by atoms with Crippen LogP contribution in [0.2, 0.25) is 5.15 Å². The summed E-state index contributed by atoms with van der Waals surface area (Å²) in [6.07, 6.45) is 1.55. The topological polar surface area (TPSA) is 83.1 Å². The Morgan fingerprint density at radius 1 is 1.58 bits per heavy atom. The molecule has 0 saturated heterocycles. The van der Waals surface area contributed by atoms with Crippen molar-refractivity contribution in [3.63, 3.8) is 0 Å². The molecule has 2 aromatic rings. The summed E-state index contributed by atoms with van der Waals surface area (Å²) < 4.78 is 6.87. The minimum absolute atomic E-state index is 0.000435. The van der Waals surface area contributed by atoms with Gasteiger partial charge in [0.25, 0.3) is 0 Å². The van der Waals surface area contributed by atoms with E-state index >= 15 is 0 Å². The van der Waals surface area contributed by atoms with Gasteiger partial charge < -0.3 is 4.74 Å². The van der Waals surface area contributed by atoms with Crippen molar-refractivity contribution in [1.82, 2.24) is 14.8 Å². The molecule has 2 rings (SSSR count). The van der Waals surface area contributed by atoms with E-state index in [1.54, 1.807) is 18.3 Å². The largest absolute Gasteiger partial charge is 0.378 e. The standard InChI is InChI=1S/C10H8BrClN4O3/c1-19-5-7-9(16(17)18)10(12)15(14-7)8-3-2-6(11)4-13-8/h2-4H,5H2,1H3. The van der Waals surface area contributed by atoms with Gasteiger partial charge in [0.1, 0.15) is 0 Å². The Morgan fingerprint density at radius 2 is 2.32 bits per heavy atom. The van der Waals surface area contributed by atoms with Crippen LogP contribution in [0.25, 0.3) is 5.82 Å². The fourth-order valence-corrected chi connectivity index (χ4v) is 2.03. The molecule has 0 bridgehead atoms. The molecule has 2 aromatic heterocycles. The third-order valence-corrected chi connectivity index (χ3v) is 3.08. The van der Waals surface area contributed by atoms with Gasteiger partial charge in [-0.05, 0) is 28.1 Å². The van der Waals surface area contributed by atoms with Crippen molar-refractivity contribution in [2.45, 2.75) is 6.61 Å². The minimum Gasteiger partial charge on any atom is -0.378 e. The van der Waals surface area contributed by atoms with E-state index in [-0.39, 0.29) is 23.1 Å². The molecule has 7 nitrogen and oxygen atoms in total. The van der Waals surface area contributed by atoms with Crippen molar-refractivity contribution < 1.29 is 9.66 Å². The van der Waals surface area contributed by atoms with Crippen molar-refractivity contribution in [2.75, 3.05) is 7.11 Å². The van der Waals surface area contributed by atoms with Crippen LogP contribution in [-0.4, -0.2) is 26.8 Å². The highest BCUT2D eigenvalue weighted by Gasteiger charge is 2.27. The van der Waals surface area contributed by atoms with E-state index in [0.717, 1.165) is 4.47 Å². The van der Waals surface area contributed by atoms with E-state index < -0.39 is 4.92 Å². The lowest BCUT2D eigenvalue weighted by Crippen LogP contribution is -2.00. The Morgan fingerprint density at radius 3 is 2.84 bits per heavy atom. The van der Waals surface area contributed by atoms with Crippen LogP contribution in [0.1, 0.15) is 5.69 Å². The highest BCUT2D eigenvalue weighted by atomic mass is 79.9. The number of nitrogens with zero attached hydrogens (tertiary/aromatic N) is 4. The molecule has 0 atom stereocenters. The average molecular weight is 348 g/mol. The average Bonchev–Trinajstić information content (AvgIpc) is 2.68. The van der Waals surface area contributed by atoms with Gasteiger partial charge in [0.2, 0.25) is 5.15 Å². The molecule has 19 heavy (non-hydrogen) atoms. The van der Waals surface area contributed by atoms with Crippen LogP contribution in [0.5, 0.6) is 0 Å². The van der Waals surface area contributed by atoms with E-state index in [1.165, 1.54) is 11.8 Å². The Bertz CT molecular complexity index is 614. The zero-order chi connectivity index (χ0) is 14.0. The molecule has 0 fully saturated rings. The van der Waals surface area contributed by atoms with Crippen LogP contribution >= 0.6 is 27.5 Å². The number of nitro groups is 1. The van der Waals surface area contributed by atoms with E-state index in [0.29, 0.717) is 5.82 Å². The van der Waals surface area contributed by atoms with Crippen LogP contribution in [-0.2, 0) is 11.3 Å². The minimum atomic E-state index is -0.584. The molecule has 0 unspecified atom stereocenters. The van der Waals surface area contributed by atoms with Crippen LogP contribution in [0.15, 0.2) is 22.8 Å². The maximum atomic E-state index is 11.0. The number of hydrogen-bond donors (Lipinski definition) is 0. The van der Waals surface area contributed by atoms with Crippen molar-refractivity contribution >= 4 is 33.2 Å². The van der Waals surface area contributed by atoms with Crippen molar-refractivity contribution in [3.05, 3.63) is 43.8 Å². The predicted octanol–water partition coefficient (Wildman–Crippen LogP) is 2.74. The van der Waals surface area contributed by atoms with Gasteiger partial charge >= 0.3 is 5.69 Å². The quantitative estimate of drug-likeness (QED) is 0.627. The van der Waals surface area contributed by atoms with E-state index in [4.69, 9.17) is 16.3 Å². The molecule has 0 saturated carbocycles. The number of halogens is 2. The second kappa shape index (κ2) is 5.64. The first kappa shape index (κ1) is 13.9. The molecule has 0 spiro atoms. The Balaban J connectivity index is 2.55. The Labute approximate surface area is 121 Å². The molecule has 9 heteroatoms. The zero-order valence-corrected chi connectivity index (χ0v) is 12.1. The summed E-state index contributed by atoms with van der Waals surface area (Å²) >= 11 is 9.24. The van der Waals surface area contributed by atoms with Crippen LogP contribution < -0.4 is 0 Å². The summed E-state index contributed by atoms with van der Waals surface area (Å²) in [6.45, 7) is -0.000435. The van der Waals surface area contributed by atoms with Crippen LogP contribution in [0.3, 0.4) is 0 Å². The van der Waals surface area contributed by atoms with Gasteiger partial charge in [-0.2, -0.15) is 9.78 Å². The molecule has 0 aliphatic carbocycles. The van der Waals surface area contributed by atoms with Gasteiger partial charge in [-0.1, -0.05) is 11.6 Å². The van der Waals surface area contributed by atoms with Gasteiger partial charge in [-0.25, -0.2) is 4.98 Å². The number of hydrogen-bond acceptors (Lipinski definition) is 5. The van der Waals surface area contributed by atoms with E-state index in [9.17, 15) is 10.1 Å². The number of aromatic nitrogens is 3. The summed E-state index contributed by atoms with van der Waals surface area (Å²) in [7, 11) is 1.43. The molecule has 100 valence electrons. The molecule has 0 N–H and O–H groups in total. The number of ether oxygens (including phenoxy) is 1. The fourth-order valence-electron chi connectivity index (χ4n) is 1.49. The maximum Gasteiger partial charge on any atom is 0.331 e. The van der Waals surface area contributed by atoms with E-state index in [1.807, 2.05) is 0 Å². The Kier molecular flexibility index (Phi) is 4.13. The third kappa shape index (κ3) is 2.75. The van der Waals surface area contributed by atoms with Gasteiger partial charge in [-0.3, -0.25) is 10.1 Å². The molecule has 0 aromatic carbocycles. The first-order chi connectivity index (χ1) is 9.04. The highest BCUT2D eigenvalue weighted by Crippen LogP contribution is 2.30. The highest BCUT2D eigenvalue weighted by molar-refractivity contribution is 9.10. The summed E-state index contributed by atoms with van der Waals surface area (Å²) in [5, 5.41) is 15.0. The SMILES string of the molecule is COCc1nn(-c2ccc(Br)cn2)c(Cl)c1[N+](=O)[O-]. The van der Waals surface area contributed by atoms with Gasteiger partial charge in [0, 0.05) is 17.8 Å². The van der Waals surface area contributed by atoms with Gasteiger partial charge in [-0.15, -0.1) is 0 Å². The van der Waals surface area contributed by atoms with Gasteiger partial charge in [0.05, 0.1) is 11.5 Å². The van der Waals surface area contributed by atoms with Crippen LogP contribution in [0, 0.1) is 10.1 Å². The third-order valence-electron chi connectivity index (χ3n) is 2.27. The second-order valence-corrected chi connectivity index (χ2v) is 4.80. The normalized spacial score (nSPS) is 10.7. The maximum absolute atomic E-state index is 11.0. The fraction of sp³-hybridized carbons (Fsp3) is 0.200. The molecule has 0 aliphatic rings. The Hall–Kier alpha value is -1.51. The molecular weight excluding hydrogens is 339 g/mol. The lowest BCUT2D eigenvalue weighted by molar-refractivity contribution is -0.385. The second-order valence-electron chi connectivity index (χ2n) is 3.52. The molecule has 2 heterocycles. The molecule has 0 amide bonds. The summed E-state index contributed by atoms with van der Waals surface area (Å²) in [5.41, 5.74) is -0.115. The first-order valence-electron chi connectivity index (χ1n) is 5.07. The van der Waals surface area contributed by atoms with Crippen molar-refractivity contribution in [2.24, 2.45) is 0 Å². The summed E-state index contributed by atoms with van der Waals surface area (Å²) in [6, 6.07) is 3.38. The first-order valence-corrected chi connectivity index (χ1v) is 6.24. The van der Waals surface area contributed by atoms with Gasteiger partial charge in [0.15, 0.2) is 11.5 Å². The summed E-state index contributed by atoms with van der Waals surface area (Å²) in [4.78, 5) is 14.5. The zero-order valence-electron chi connectivity index (χ0n) is 9.71. The number of rotatable bonds is 4. The predicted molar refractivity (Wildman–Crippen MR) is 71.4 cm³/mol. The summed E-state index contributed by atoms with van der Waals surface area (Å²) in [5.74, 6) is 0.388. The van der Waals surface area contributed by atoms with E-state index in [2.05, 4.69) is 26.0 Å². The molecule has 0 radical (unpaired) electrons. The van der Waals surface area contributed by atoms with Crippen molar-refractivity contribution in [1.29, 1.82) is 0 Å². The monoisotopic (exact) mass is 346 g/mol. The smallest absolute Gasteiger partial charge is 0.331 e. The molecule has 0 aliphatic heterocycles.